The Hall–Kier alpha value is -1.83. The number of nitrogens with one attached hydrogen (secondary N) is 1. The zero-order valence-electron chi connectivity index (χ0n) is 12.7. The van der Waals surface area contributed by atoms with Crippen molar-refractivity contribution in [2.75, 3.05) is 0 Å². The number of aryl methyl sites for hydroxylation is 2. The van der Waals surface area contributed by atoms with Crippen LogP contribution in [-0.2, 0) is 11.3 Å². The Morgan fingerprint density at radius 1 is 1.35 bits per heavy atom. The number of amides is 1. The number of rotatable bonds is 7. The Morgan fingerprint density at radius 2 is 1.95 bits per heavy atom. The van der Waals surface area contributed by atoms with Crippen LogP contribution in [0, 0.1) is 30.6 Å². The number of carbonyl (C=O) groups excluding carboxylic acids is 1. The molecule has 5 nitrogen and oxygen atoms in total. The molecule has 0 radical (unpaired) electrons. The van der Waals surface area contributed by atoms with Crippen LogP contribution in [-0.4, -0.2) is 10.9 Å². The van der Waals surface area contributed by atoms with Crippen LogP contribution < -0.4 is 5.32 Å². The summed E-state index contributed by atoms with van der Waals surface area (Å²) in [4.78, 5) is 16.6. The summed E-state index contributed by atoms with van der Waals surface area (Å²) in [5.41, 5.74) is -0.108. The highest BCUT2D eigenvalue weighted by Gasteiger charge is 2.36. The maximum absolute atomic E-state index is 12.3. The second-order valence-electron chi connectivity index (χ2n) is 5.13. The van der Waals surface area contributed by atoms with Crippen molar-refractivity contribution in [2.45, 2.75) is 59.9 Å². The van der Waals surface area contributed by atoms with E-state index in [9.17, 15) is 10.1 Å². The van der Waals surface area contributed by atoms with E-state index in [2.05, 4.69) is 16.4 Å². The van der Waals surface area contributed by atoms with Crippen LogP contribution in [0.5, 0.6) is 0 Å². The second kappa shape index (κ2) is 7.09. The fourth-order valence-electron chi connectivity index (χ4n) is 2.31. The van der Waals surface area contributed by atoms with Gasteiger partial charge in [0.25, 0.3) is 0 Å². The lowest BCUT2D eigenvalue weighted by Crippen LogP contribution is -2.39. The third-order valence-corrected chi connectivity index (χ3v) is 3.48. The number of carbonyl (C=O) groups is 1. The predicted molar refractivity (Wildman–Crippen MR) is 75.7 cm³/mol. The van der Waals surface area contributed by atoms with Gasteiger partial charge in [-0.25, -0.2) is 4.98 Å². The second-order valence-corrected chi connectivity index (χ2v) is 5.13. The van der Waals surface area contributed by atoms with E-state index in [1.54, 1.807) is 0 Å². The molecule has 1 heterocycles. The van der Waals surface area contributed by atoms with Gasteiger partial charge < -0.3 is 9.73 Å². The lowest BCUT2D eigenvalue weighted by atomic mass is 9.80. The largest absolute Gasteiger partial charge is 0.444 e. The molecule has 110 valence electrons. The van der Waals surface area contributed by atoms with Crippen LogP contribution in [0.2, 0.25) is 0 Å². The van der Waals surface area contributed by atoms with Gasteiger partial charge in [0.1, 0.15) is 11.2 Å². The van der Waals surface area contributed by atoms with Crippen molar-refractivity contribution < 1.29 is 9.21 Å². The van der Waals surface area contributed by atoms with Crippen LogP contribution in [0.15, 0.2) is 4.42 Å². The smallest absolute Gasteiger partial charge is 0.240 e. The van der Waals surface area contributed by atoms with Gasteiger partial charge in [0, 0.05) is 0 Å². The average Bonchev–Trinajstić information content (AvgIpc) is 2.74. The Balaban J connectivity index is 2.74. The van der Waals surface area contributed by atoms with Crippen LogP contribution in [0.1, 0.15) is 56.9 Å². The molecule has 0 saturated heterocycles. The molecular weight excluding hydrogens is 254 g/mol. The first kappa shape index (κ1) is 16.2. The van der Waals surface area contributed by atoms with E-state index in [1.807, 2.05) is 27.7 Å². The first-order chi connectivity index (χ1) is 9.49. The van der Waals surface area contributed by atoms with Gasteiger partial charge in [0.15, 0.2) is 0 Å². The summed E-state index contributed by atoms with van der Waals surface area (Å²) >= 11 is 0. The van der Waals surface area contributed by atoms with Crippen molar-refractivity contribution in [2.24, 2.45) is 5.41 Å². The molecule has 0 aliphatic heterocycles. The number of aromatic nitrogens is 1. The minimum atomic E-state index is -0.930. The maximum atomic E-state index is 12.3. The Morgan fingerprint density at radius 3 is 2.35 bits per heavy atom. The molecule has 0 atom stereocenters. The van der Waals surface area contributed by atoms with E-state index in [-0.39, 0.29) is 12.5 Å². The summed E-state index contributed by atoms with van der Waals surface area (Å²) in [5.74, 6) is 1.01. The molecule has 0 aliphatic carbocycles. The van der Waals surface area contributed by atoms with Crippen molar-refractivity contribution in [3.63, 3.8) is 0 Å². The molecule has 20 heavy (non-hydrogen) atoms. The summed E-state index contributed by atoms with van der Waals surface area (Å²) in [6, 6.07) is 2.21. The summed E-state index contributed by atoms with van der Waals surface area (Å²) in [6.07, 6.45) is 2.76. The Labute approximate surface area is 120 Å². The van der Waals surface area contributed by atoms with Gasteiger partial charge in [0.2, 0.25) is 11.8 Å². The highest BCUT2D eigenvalue weighted by molar-refractivity contribution is 5.85. The van der Waals surface area contributed by atoms with Crippen molar-refractivity contribution in [1.29, 1.82) is 5.26 Å². The molecule has 0 unspecified atom stereocenters. The van der Waals surface area contributed by atoms with Gasteiger partial charge in [-0.15, -0.1) is 0 Å². The molecule has 5 heteroatoms. The third kappa shape index (κ3) is 3.60. The number of oxazole rings is 1. The number of nitrogens with zero attached hydrogens (tertiary/aromatic N) is 2. The highest BCUT2D eigenvalue weighted by atomic mass is 16.4. The molecular formula is C15H23N3O2. The molecule has 1 rings (SSSR count). The van der Waals surface area contributed by atoms with Crippen LogP contribution in [0.25, 0.3) is 0 Å². The fourth-order valence-corrected chi connectivity index (χ4v) is 2.31. The molecule has 0 saturated carbocycles. The van der Waals surface area contributed by atoms with Crippen molar-refractivity contribution in [3.8, 4) is 6.07 Å². The maximum Gasteiger partial charge on any atom is 0.240 e. The first-order valence-electron chi connectivity index (χ1n) is 7.11. The van der Waals surface area contributed by atoms with Crippen LogP contribution >= 0.6 is 0 Å². The van der Waals surface area contributed by atoms with E-state index in [0.717, 1.165) is 24.3 Å². The quantitative estimate of drug-likeness (QED) is 0.830. The SMILES string of the molecule is CCCC(C#N)(CCC)C(=O)NCc1nc(C)c(C)o1. The van der Waals surface area contributed by atoms with Crippen LogP contribution in [0.4, 0.5) is 0 Å². The lowest BCUT2D eigenvalue weighted by Gasteiger charge is -2.24. The zero-order valence-corrected chi connectivity index (χ0v) is 12.7. The van der Waals surface area contributed by atoms with Crippen LogP contribution in [0.3, 0.4) is 0 Å². The standard InChI is InChI=1S/C15H23N3O2/c1-5-7-15(10-16,8-6-2)14(19)17-9-13-18-11(3)12(4)20-13/h5-9H2,1-4H3,(H,17,19). The third-order valence-electron chi connectivity index (χ3n) is 3.48. The average molecular weight is 277 g/mol. The number of hydrogen-bond acceptors (Lipinski definition) is 4. The molecule has 1 aromatic rings. The summed E-state index contributed by atoms with van der Waals surface area (Å²) in [5, 5.41) is 12.2. The van der Waals surface area contributed by atoms with E-state index in [0.29, 0.717) is 18.7 Å². The van der Waals surface area contributed by atoms with Gasteiger partial charge >= 0.3 is 0 Å². The fraction of sp³-hybridized carbons (Fsp3) is 0.667. The summed E-state index contributed by atoms with van der Waals surface area (Å²) in [7, 11) is 0. The molecule has 1 N–H and O–H groups in total. The minimum Gasteiger partial charge on any atom is -0.444 e. The molecule has 0 aromatic carbocycles. The number of nitriles is 1. The Kier molecular flexibility index (Phi) is 5.75. The molecule has 1 aromatic heterocycles. The van der Waals surface area contributed by atoms with Gasteiger partial charge in [-0.3, -0.25) is 4.79 Å². The van der Waals surface area contributed by atoms with E-state index < -0.39 is 5.41 Å². The molecule has 0 aliphatic rings. The van der Waals surface area contributed by atoms with E-state index >= 15 is 0 Å². The van der Waals surface area contributed by atoms with Gasteiger partial charge in [-0.2, -0.15) is 5.26 Å². The van der Waals surface area contributed by atoms with Gasteiger partial charge in [-0.05, 0) is 26.7 Å². The first-order valence-corrected chi connectivity index (χ1v) is 7.11. The van der Waals surface area contributed by atoms with E-state index in [4.69, 9.17) is 4.42 Å². The summed E-state index contributed by atoms with van der Waals surface area (Å²) in [6.45, 7) is 7.88. The monoisotopic (exact) mass is 277 g/mol. The molecule has 0 bridgehead atoms. The van der Waals surface area contributed by atoms with Gasteiger partial charge in [0.05, 0.1) is 18.3 Å². The number of hydrogen-bond donors (Lipinski definition) is 1. The Bertz CT molecular complexity index is 474. The summed E-state index contributed by atoms with van der Waals surface area (Å²) < 4.78 is 5.42. The van der Waals surface area contributed by atoms with Crippen molar-refractivity contribution in [3.05, 3.63) is 17.3 Å². The molecule has 1 amide bonds. The molecule has 0 spiro atoms. The lowest BCUT2D eigenvalue weighted by molar-refractivity contribution is -0.129. The minimum absolute atomic E-state index is 0.225. The van der Waals surface area contributed by atoms with Gasteiger partial charge in [-0.1, -0.05) is 26.7 Å². The van der Waals surface area contributed by atoms with Crippen molar-refractivity contribution >= 4 is 5.91 Å². The topological polar surface area (TPSA) is 78.9 Å². The normalized spacial score (nSPS) is 11.2. The zero-order chi connectivity index (χ0) is 15.2. The molecule has 0 fully saturated rings. The predicted octanol–water partition coefficient (Wildman–Crippen LogP) is 3.02. The van der Waals surface area contributed by atoms with Crippen molar-refractivity contribution in [1.82, 2.24) is 10.3 Å². The highest BCUT2D eigenvalue weighted by Crippen LogP contribution is 2.29. The van der Waals surface area contributed by atoms with E-state index in [1.165, 1.54) is 0 Å².